The van der Waals surface area contributed by atoms with E-state index in [-0.39, 0.29) is 11.6 Å². The topological polar surface area (TPSA) is 32.9 Å². The van der Waals surface area contributed by atoms with Crippen molar-refractivity contribution in [2.45, 2.75) is 13.8 Å². The molecule has 1 N–H and O–H groups in total. The second kappa shape index (κ2) is 4.60. The molecule has 3 rings (SSSR count). The minimum absolute atomic E-state index is 0.142. The second-order valence-electron chi connectivity index (χ2n) is 4.96. The van der Waals surface area contributed by atoms with Crippen molar-refractivity contribution in [3.05, 3.63) is 70.7 Å². The van der Waals surface area contributed by atoms with Gasteiger partial charge in [-0.25, -0.2) is 4.39 Å². The molecule has 0 saturated carbocycles. The summed E-state index contributed by atoms with van der Waals surface area (Å²) in [6, 6.07) is 10.5. The van der Waals surface area contributed by atoms with Crippen LogP contribution in [0.1, 0.15) is 27.0 Å². The van der Waals surface area contributed by atoms with Gasteiger partial charge < -0.3 is 4.98 Å². The molecule has 0 amide bonds. The zero-order chi connectivity index (χ0) is 14.3. The lowest BCUT2D eigenvalue weighted by Crippen LogP contribution is -2.06. The molecule has 0 aliphatic heterocycles. The van der Waals surface area contributed by atoms with Gasteiger partial charge in [0, 0.05) is 22.7 Å². The van der Waals surface area contributed by atoms with Gasteiger partial charge in [-0.1, -0.05) is 24.3 Å². The second-order valence-corrected chi connectivity index (χ2v) is 4.96. The molecule has 0 aliphatic carbocycles. The molecule has 100 valence electrons. The Labute approximate surface area is 116 Å². The average molecular weight is 267 g/mol. The number of aromatic amines is 1. The third kappa shape index (κ3) is 1.83. The lowest BCUT2D eigenvalue weighted by atomic mass is 9.94. The Bertz CT molecular complexity index is 797. The number of aryl methyl sites for hydroxylation is 2. The van der Waals surface area contributed by atoms with Crippen molar-refractivity contribution in [3.63, 3.8) is 0 Å². The van der Waals surface area contributed by atoms with Crippen LogP contribution in [0.4, 0.5) is 4.39 Å². The fraction of sp³-hybridized carbons (Fsp3) is 0.118. The van der Waals surface area contributed by atoms with Gasteiger partial charge in [0.15, 0.2) is 5.78 Å². The Morgan fingerprint density at radius 1 is 1.05 bits per heavy atom. The van der Waals surface area contributed by atoms with Gasteiger partial charge in [-0.3, -0.25) is 4.79 Å². The maximum Gasteiger partial charge on any atom is 0.195 e. The summed E-state index contributed by atoms with van der Waals surface area (Å²) in [6.45, 7) is 3.79. The summed E-state index contributed by atoms with van der Waals surface area (Å²) in [4.78, 5) is 15.7. The predicted molar refractivity (Wildman–Crippen MR) is 77.6 cm³/mol. The molecule has 20 heavy (non-hydrogen) atoms. The van der Waals surface area contributed by atoms with Crippen molar-refractivity contribution < 1.29 is 9.18 Å². The molecule has 2 nitrogen and oxygen atoms in total. The lowest BCUT2D eigenvalue weighted by Gasteiger charge is -2.08. The van der Waals surface area contributed by atoms with E-state index in [1.165, 1.54) is 6.07 Å². The minimum Gasteiger partial charge on any atom is -0.360 e. The van der Waals surface area contributed by atoms with E-state index in [1.54, 1.807) is 18.3 Å². The maximum absolute atomic E-state index is 14.0. The van der Waals surface area contributed by atoms with E-state index in [0.29, 0.717) is 22.0 Å². The van der Waals surface area contributed by atoms with Gasteiger partial charge in [-0.05, 0) is 37.1 Å². The van der Waals surface area contributed by atoms with Gasteiger partial charge in [0.25, 0.3) is 0 Å². The molecule has 0 saturated heterocycles. The highest BCUT2D eigenvalue weighted by molar-refractivity contribution is 6.17. The van der Waals surface area contributed by atoms with Crippen LogP contribution in [0.2, 0.25) is 0 Å². The number of nitrogens with one attached hydrogen (secondary N) is 1. The van der Waals surface area contributed by atoms with Gasteiger partial charge in [0.2, 0.25) is 0 Å². The summed E-state index contributed by atoms with van der Waals surface area (Å²) < 4.78 is 14.0. The van der Waals surface area contributed by atoms with Gasteiger partial charge >= 0.3 is 0 Å². The monoisotopic (exact) mass is 267 g/mol. The molecule has 0 fully saturated rings. The van der Waals surface area contributed by atoms with Crippen LogP contribution in [0, 0.1) is 19.7 Å². The van der Waals surface area contributed by atoms with Crippen LogP contribution >= 0.6 is 0 Å². The number of carbonyl (C=O) groups excluding carboxylic acids is 1. The van der Waals surface area contributed by atoms with Crippen LogP contribution in [0.25, 0.3) is 10.9 Å². The molecule has 0 bridgehead atoms. The largest absolute Gasteiger partial charge is 0.360 e. The molecule has 1 aromatic heterocycles. The van der Waals surface area contributed by atoms with Gasteiger partial charge in [-0.15, -0.1) is 0 Å². The first-order valence-corrected chi connectivity index (χ1v) is 6.46. The molecule has 2 aromatic carbocycles. The summed E-state index contributed by atoms with van der Waals surface area (Å²) >= 11 is 0. The van der Waals surface area contributed by atoms with E-state index in [2.05, 4.69) is 4.98 Å². The Morgan fingerprint density at radius 2 is 1.70 bits per heavy atom. The molecule has 0 aliphatic rings. The molecular weight excluding hydrogens is 253 g/mol. The standard InChI is InChI=1S/C17H14FNO/c1-10-5-3-6-11(2)15(10)17(20)12-9-19-14-8-4-7-13(18)16(12)14/h3-9,19H,1-2H3. The molecule has 0 unspecified atom stereocenters. The van der Waals surface area contributed by atoms with Crippen LogP contribution in [0.15, 0.2) is 42.6 Å². The zero-order valence-corrected chi connectivity index (χ0v) is 11.3. The normalized spacial score (nSPS) is 10.9. The highest BCUT2D eigenvalue weighted by atomic mass is 19.1. The summed E-state index contributed by atoms with van der Waals surface area (Å²) in [6.07, 6.45) is 1.59. The molecule has 1 heterocycles. The number of fused-ring (bicyclic) bond motifs is 1. The Balaban J connectivity index is 2.24. The van der Waals surface area contributed by atoms with Crippen molar-refractivity contribution >= 4 is 16.7 Å². The van der Waals surface area contributed by atoms with Crippen molar-refractivity contribution in [2.24, 2.45) is 0 Å². The van der Waals surface area contributed by atoms with Gasteiger partial charge in [0.1, 0.15) is 5.82 Å². The summed E-state index contributed by atoms with van der Waals surface area (Å²) in [5.41, 5.74) is 3.48. The average Bonchev–Trinajstić information content (AvgIpc) is 2.83. The third-order valence-corrected chi connectivity index (χ3v) is 3.61. The predicted octanol–water partition coefficient (Wildman–Crippen LogP) is 4.15. The number of hydrogen-bond donors (Lipinski definition) is 1. The van der Waals surface area contributed by atoms with Crippen LogP contribution in [-0.2, 0) is 0 Å². The molecule has 0 spiro atoms. The first-order chi connectivity index (χ1) is 9.59. The first kappa shape index (κ1) is 12.6. The van der Waals surface area contributed by atoms with Crippen LogP contribution in [0.3, 0.4) is 0 Å². The minimum atomic E-state index is -0.377. The first-order valence-electron chi connectivity index (χ1n) is 6.46. The number of H-pyrrole nitrogens is 1. The number of carbonyl (C=O) groups is 1. The quantitative estimate of drug-likeness (QED) is 0.695. The van der Waals surface area contributed by atoms with E-state index < -0.39 is 0 Å². The van der Waals surface area contributed by atoms with E-state index in [1.807, 2.05) is 32.0 Å². The van der Waals surface area contributed by atoms with Crippen LogP contribution in [0.5, 0.6) is 0 Å². The molecular formula is C17H14FNO. The molecule has 0 radical (unpaired) electrons. The summed E-state index contributed by atoms with van der Waals surface area (Å²) in [7, 11) is 0. The highest BCUT2D eigenvalue weighted by Crippen LogP contribution is 2.26. The van der Waals surface area contributed by atoms with E-state index in [4.69, 9.17) is 0 Å². The van der Waals surface area contributed by atoms with Crippen molar-refractivity contribution in [3.8, 4) is 0 Å². The number of rotatable bonds is 2. The SMILES string of the molecule is Cc1cccc(C)c1C(=O)c1c[nH]c2cccc(F)c12. The highest BCUT2D eigenvalue weighted by Gasteiger charge is 2.19. The van der Waals surface area contributed by atoms with Gasteiger partial charge in [0.05, 0.1) is 5.56 Å². The number of benzene rings is 2. The lowest BCUT2D eigenvalue weighted by molar-refractivity contribution is 0.103. The molecule has 0 atom stereocenters. The third-order valence-electron chi connectivity index (χ3n) is 3.61. The van der Waals surface area contributed by atoms with Crippen LogP contribution in [-0.4, -0.2) is 10.8 Å². The Hall–Kier alpha value is -2.42. The van der Waals surface area contributed by atoms with Crippen LogP contribution < -0.4 is 0 Å². The Morgan fingerprint density at radius 3 is 2.40 bits per heavy atom. The molecule has 3 aromatic rings. The van der Waals surface area contributed by atoms with Crippen molar-refractivity contribution in [1.82, 2.24) is 4.98 Å². The summed E-state index contributed by atoms with van der Waals surface area (Å²) in [5, 5.41) is 0.361. The smallest absolute Gasteiger partial charge is 0.195 e. The van der Waals surface area contributed by atoms with Crippen molar-refractivity contribution in [1.29, 1.82) is 0 Å². The zero-order valence-electron chi connectivity index (χ0n) is 11.3. The fourth-order valence-electron chi connectivity index (χ4n) is 2.63. The number of hydrogen-bond acceptors (Lipinski definition) is 1. The number of halogens is 1. The number of ketones is 1. The van der Waals surface area contributed by atoms with E-state index in [0.717, 1.165) is 11.1 Å². The maximum atomic E-state index is 14.0. The Kier molecular flexibility index (Phi) is 2.90. The van der Waals surface area contributed by atoms with E-state index in [9.17, 15) is 9.18 Å². The summed E-state index contributed by atoms with van der Waals surface area (Å²) in [5.74, 6) is -0.518. The molecule has 3 heteroatoms. The van der Waals surface area contributed by atoms with E-state index >= 15 is 0 Å². The van der Waals surface area contributed by atoms with Gasteiger partial charge in [-0.2, -0.15) is 0 Å². The van der Waals surface area contributed by atoms with Crippen molar-refractivity contribution in [2.75, 3.05) is 0 Å². The fourth-order valence-corrected chi connectivity index (χ4v) is 2.63. The number of aromatic nitrogens is 1.